The molecule has 0 spiro atoms. The summed E-state index contributed by atoms with van der Waals surface area (Å²) in [6, 6.07) is 8.28. The van der Waals surface area contributed by atoms with E-state index in [1.165, 1.54) is 31.4 Å². The molecule has 1 amide bonds. The minimum atomic E-state index is -0.818. The molecule has 4 nitrogen and oxygen atoms in total. The van der Waals surface area contributed by atoms with Gasteiger partial charge in [-0.1, -0.05) is 17.7 Å². The van der Waals surface area contributed by atoms with E-state index in [4.69, 9.17) is 16.3 Å². The molecule has 104 valence electrons. The van der Waals surface area contributed by atoms with E-state index in [9.17, 15) is 14.3 Å². The van der Waals surface area contributed by atoms with Gasteiger partial charge in [-0.05, 0) is 24.3 Å². The van der Waals surface area contributed by atoms with Crippen LogP contribution in [-0.4, -0.2) is 18.1 Å². The number of phenolic OH excluding ortho intramolecular Hbond substituents is 1. The molecule has 2 rings (SSSR count). The minimum Gasteiger partial charge on any atom is -0.507 e. The zero-order chi connectivity index (χ0) is 14.7. The van der Waals surface area contributed by atoms with Crippen LogP contribution in [0.3, 0.4) is 0 Å². The summed E-state index contributed by atoms with van der Waals surface area (Å²) in [6.45, 7) is 0. The lowest BCUT2D eigenvalue weighted by Gasteiger charge is -2.10. The third kappa shape index (κ3) is 2.83. The minimum absolute atomic E-state index is 0.263. The van der Waals surface area contributed by atoms with E-state index in [2.05, 4.69) is 5.32 Å². The Kier molecular flexibility index (Phi) is 4.10. The van der Waals surface area contributed by atoms with Gasteiger partial charge in [-0.25, -0.2) is 4.39 Å². The monoisotopic (exact) mass is 295 g/mol. The molecular formula is C14H11ClFNO3. The van der Waals surface area contributed by atoms with Crippen LogP contribution in [0.5, 0.6) is 11.5 Å². The maximum Gasteiger partial charge on any atom is 0.262 e. The predicted octanol–water partition coefficient (Wildman–Crippen LogP) is 3.45. The Balaban J connectivity index is 2.33. The number of hydrogen-bond donors (Lipinski definition) is 2. The molecule has 0 radical (unpaired) electrons. The molecule has 2 N–H and O–H groups in total. The summed E-state index contributed by atoms with van der Waals surface area (Å²) in [5, 5.41) is 12.3. The normalized spacial score (nSPS) is 10.2. The van der Waals surface area contributed by atoms with E-state index < -0.39 is 23.0 Å². The van der Waals surface area contributed by atoms with Gasteiger partial charge in [0, 0.05) is 6.07 Å². The first kappa shape index (κ1) is 14.1. The van der Waals surface area contributed by atoms with Crippen molar-refractivity contribution in [2.75, 3.05) is 12.4 Å². The van der Waals surface area contributed by atoms with Crippen LogP contribution in [0.25, 0.3) is 0 Å². The summed E-state index contributed by atoms with van der Waals surface area (Å²) in [4.78, 5) is 12.0. The van der Waals surface area contributed by atoms with Crippen molar-refractivity contribution in [2.24, 2.45) is 0 Å². The molecule has 0 unspecified atom stereocenters. The highest BCUT2D eigenvalue weighted by molar-refractivity contribution is 6.34. The lowest BCUT2D eigenvalue weighted by Crippen LogP contribution is -2.14. The molecule has 0 aliphatic rings. The van der Waals surface area contributed by atoms with Gasteiger partial charge in [0.05, 0.1) is 17.8 Å². The van der Waals surface area contributed by atoms with Crippen LogP contribution in [0.4, 0.5) is 10.1 Å². The zero-order valence-corrected chi connectivity index (χ0v) is 11.2. The van der Waals surface area contributed by atoms with Crippen molar-refractivity contribution in [3.63, 3.8) is 0 Å². The largest absolute Gasteiger partial charge is 0.507 e. The number of hydrogen-bond acceptors (Lipinski definition) is 3. The van der Waals surface area contributed by atoms with Crippen LogP contribution in [-0.2, 0) is 0 Å². The first-order valence-corrected chi connectivity index (χ1v) is 6.03. The van der Waals surface area contributed by atoms with E-state index in [0.717, 1.165) is 6.07 Å². The van der Waals surface area contributed by atoms with Crippen LogP contribution in [0, 0.1) is 5.82 Å². The lowest BCUT2D eigenvalue weighted by molar-refractivity contribution is 0.102. The molecule has 0 aliphatic heterocycles. The summed E-state index contributed by atoms with van der Waals surface area (Å²) >= 11 is 5.94. The molecule has 2 aromatic carbocycles. The van der Waals surface area contributed by atoms with Gasteiger partial charge in [-0.15, -0.1) is 0 Å². The summed E-state index contributed by atoms with van der Waals surface area (Å²) in [5.41, 5.74) is -0.176. The summed E-state index contributed by atoms with van der Waals surface area (Å²) in [6.07, 6.45) is 0. The van der Waals surface area contributed by atoms with Gasteiger partial charge >= 0.3 is 0 Å². The van der Waals surface area contributed by atoms with Crippen LogP contribution >= 0.6 is 11.6 Å². The van der Waals surface area contributed by atoms with Gasteiger partial charge in [-0.3, -0.25) is 4.79 Å². The van der Waals surface area contributed by atoms with Gasteiger partial charge in [0.25, 0.3) is 5.91 Å². The number of benzene rings is 2. The van der Waals surface area contributed by atoms with Crippen molar-refractivity contribution < 1.29 is 19.0 Å². The highest BCUT2D eigenvalue weighted by atomic mass is 35.5. The van der Waals surface area contributed by atoms with Gasteiger partial charge in [0.1, 0.15) is 22.9 Å². The number of phenols is 1. The number of amides is 1. The fourth-order valence-corrected chi connectivity index (χ4v) is 1.81. The Labute approximate surface area is 119 Å². The van der Waals surface area contributed by atoms with E-state index in [0.29, 0.717) is 5.75 Å². The molecule has 0 atom stereocenters. The number of rotatable bonds is 3. The second-order valence-corrected chi connectivity index (χ2v) is 4.34. The first-order valence-electron chi connectivity index (χ1n) is 5.65. The summed E-state index contributed by atoms with van der Waals surface area (Å²) in [5.74, 6) is -1.57. The van der Waals surface area contributed by atoms with Crippen molar-refractivity contribution in [3.05, 3.63) is 52.8 Å². The third-order valence-corrected chi connectivity index (χ3v) is 2.97. The fourth-order valence-electron chi connectivity index (χ4n) is 1.65. The van der Waals surface area contributed by atoms with Crippen LogP contribution < -0.4 is 10.1 Å². The number of ether oxygens (including phenoxy) is 1. The average molecular weight is 296 g/mol. The Morgan fingerprint density at radius 3 is 2.75 bits per heavy atom. The van der Waals surface area contributed by atoms with Crippen LogP contribution in [0.1, 0.15) is 10.4 Å². The second-order valence-electron chi connectivity index (χ2n) is 3.93. The molecule has 6 heteroatoms. The highest BCUT2D eigenvalue weighted by Gasteiger charge is 2.17. The molecule has 0 bridgehead atoms. The Morgan fingerprint density at radius 2 is 2.10 bits per heavy atom. The molecule has 20 heavy (non-hydrogen) atoms. The molecule has 0 heterocycles. The molecule has 2 aromatic rings. The fraction of sp³-hybridized carbons (Fsp3) is 0.0714. The topological polar surface area (TPSA) is 58.6 Å². The smallest absolute Gasteiger partial charge is 0.262 e. The number of aromatic hydroxyl groups is 1. The third-order valence-electron chi connectivity index (χ3n) is 2.64. The summed E-state index contributed by atoms with van der Waals surface area (Å²) < 4.78 is 18.6. The Hall–Kier alpha value is -2.27. The number of carbonyl (C=O) groups is 1. The van der Waals surface area contributed by atoms with E-state index in [1.54, 1.807) is 6.07 Å². The van der Waals surface area contributed by atoms with E-state index >= 15 is 0 Å². The number of halogens is 2. The van der Waals surface area contributed by atoms with Gasteiger partial charge in [-0.2, -0.15) is 0 Å². The number of anilines is 1. The van der Waals surface area contributed by atoms with Gasteiger partial charge in [0.15, 0.2) is 0 Å². The van der Waals surface area contributed by atoms with Crippen molar-refractivity contribution in [3.8, 4) is 11.5 Å². The Morgan fingerprint density at radius 1 is 1.35 bits per heavy atom. The zero-order valence-electron chi connectivity index (χ0n) is 10.5. The maximum atomic E-state index is 13.6. The van der Waals surface area contributed by atoms with Crippen molar-refractivity contribution in [1.82, 2.24) is 0 Å². The van der Waals surface area contributed by atoms with E-state index in [-0.39, 0.29) is 10.7 Å². The second kappa shape index (κ2) is 5.79. The molecule has 0 aromatic heterocycles. The highest BCUT2D eigenvalue weighted by Crippen LogP contribution is 2.28. The van der Waals surface area contributed by atoms with Gasteiger partial charge < -0.3 is 15.2 Å². The van der Waals surface area contributed by atoms with Crippen molar-refractivity contribution >= 4 is 23.2 Å². The SMILES string of the molecule is COc1ccc(Cl)c(NC(=O)c2c(O)cccc2F)c1. The first-order chi connectivity index (χ1) is 9.52. The number of carbonyl (C=O) groups excluding carboxylic acids is 1. The van der Waals surface area contributed by atoms with Gasteiger partial charge in [0.2, 0.25) is 0 Å². The average Bonchev–Trinajstić information content (AvgIpc) is 2.41. The van der Waals surface area contributed by atoms with Crippen molar-refractivity contribution in [1.29, 1.82) is 0 Å². The quantitative estimate of drug-likeness (QED) is 0.912. The van der Waals surface area contributed by atoms with E-state index in [1.807, 2.05) is 0 Å². The number of nitrogens with one attached hydrogen (secondary N) is 1. The molecule has 0 saturated carbocycles. The number of methoxy groups -OCH3 is 1. The maximum absolute atomic E-state index is 13.6. The molecule has 0 aliphatic carbocycles. The molecule has 0 fully saturated rings. The Bertz CT molecular complexity index is 641. The molecule has 0 saturated heterocycles. The lowest BCUT2D eigenvalue weighted by atomic mass is 10.1. The van der Waals surface area contributed by atoms with Crippen molar-refractivity contribution in [2.45, 2.75) is 0 Å². The standard InChI is InChI=1S/C14H11ClFNO3/c1-20-8-5-6-9(15)11(7-8)17-14(19)13-10(16)3-2-4-12(13)18/h2-7,18H,1H3,(H,17,19). The molecular weight excluding hydrogens is 285 g/mol. The van der Waals surface area contributed by atoms with Crippen LogP contribution in [0.2, 0.25) is 5.02 Å². The summed E-state index contributed by atoms with van der Waals surface area (Å²) in [7, 11) is 1.47. The predicted molar refractivity (Wildman–Crippen MR) is 74.0 cm³/mol. The van der Waals surface area contributed by atoms with Crippen LogP contribution in [0.15, 0.2) is 36.4 Å².